The molecule has 0 unspecified atom stereocenters. The Bertz CT molecular complexity index is 908. The number of halogens is 2. The quantitative estimate of drug-likeness (QED) is 0.457. The molecule has 0 aromatic heterocycles. The van der Waals surface area contributed by atoms with Gasteiger partial charge in [-0.1, -0.05) is 37.0 Å². The summed E-state index contributed by atoms with van der Waals surface area (Å²) in [5.74, 6) is -3.14. The van der Waals surface area contributed by atoms with Crippen LogP contribution in [-0.4, -0.2) is 64.7 Å². The van der Waals surface area contributed by atoms with Crippen molar-refractivity contribution in [2.24, 2.45) is 5.92 Å². The number of carboxylic acid groups (broad SMARTS) is 1. The minimum Gasteiger partial charge on any atom is -0.481 e. The fourth-order valence-electron chi connectivity index (χ4n) is 3.49. The molecule has 2 rings (SSSR count). The molecule has 1 aliphatic rings. The van der Waals surface area contributed by atoms with Gasteiger partial charge in [0.05, 0.1) is 23.0 Å². The summed E-state index contributed by atoms with van der Waals surface area (Å²) in [4.78, 5) is 61.9. The van der Waals surface area contributed by atoms with Crippen molar-refractivity contribution in [3.05, 3.63) is 33.8 Å². The van der Waals surface area contributed by atoms with Crippen molar-refractivity contribution < 1.29 is 29.1 Å². The fraction of sp³-hybridized carbons (Fsp3) is 0.476. The van der Waals surface area contributed by atoms with E-state index in [9.17, 15) is 24.0 Å². The van der Waals surface area contributed by atoms with Gasteiger partial charge in [-0.15, -0.1) is 0 Å². The minimum absolute atomic E-state index is 0.140. The second-order valence-electron chi connectivity index (χ2n) is 7.86. The first-order valence-electron chi connectivity index (χ1n) is 10.1. The Kier molecular flexibility index (Phi) is 9.03. The van der Waals surface area contributed by atoms with Gasteiger partial charge in [0.25, 0.3) is 5.91 Å². The second kappa shape index (κ2) is 11.3. The highest BCUT2D eigenvalue weighted by molar-refractivity contribution is 6.36. The summed E-state index contributed by atoms with van der Waals surface area (Å²) in [6.07, 6.45) is 0.705. The van der Waals surface area contributed by atoms with Crippen molar-refractivity contribution in [1.29, 1.82) is 0 Å². The molecule has 1 fully saturated rings. The summed E-state index contributed by atoms with van der Waals surface area (Å²) in [5.41, 5.74) is 0.160. The van der Waals surface area contributed by atoms with E-state index in [0.717, 1.165) is 0 Å². The molecule has 1 aromatic rings. The summed E-state index contributed by atoms with van der Waals surface area (Å²) < 4.78 is 0. The maximum Gasteiger partial charge on any atom is 0.305 e. The van der Waals surface area contributed by atoms with E-state index >= 15 is 0 Å². The third-order valence-electron chi connectivity index (χ3n) is 5.12. The zero-order valence-electron chi connectivity index (χ0n) is 17.6. The van der Waals surface area contributed by atoms with Crippen LogP contribution in [0.2, 0.25) is 10.0 Å². The van der Waals surface area contributed by atoms with Crippen LogP contribution in [-0.2, 0) is 19.2 Å². The van der Waals surface area contributed by atoms with Gasteiger partial charge >= 0.3 is 5.97 Å². The Morgan fingerprint density at radius 1 is 1.22 bits per heavy atom. The number of rotatable bonds is 9. The van der Waals surface area contributed by atoms with Crippen molar-refractivity contribution >= 4 is 53.2 Å². The lowest BCUT2D eigenvalue weighted by Crippen LogP contribution is -2.56. The predicted molar refractivity (Wildman–Crippen MR) is 118 cm³/mol. The van der Waals surface area contributed by atoms with Gasteiger partial charge in [0.2, 0.25) is 11.8 Å². The molecule has 3 atom stereocenters. The van der Waals surface area contributed by atoms with E-state index in [4.69, 9.17) is 28.3 Å². The van der Waals surface area contributed by atoms with E-state index in [-0.39, 0.29) is 16.5 Å². The van der Waals surface area contributed by atoms with Crippen molar-refractivity contribution in [3.63, 3.8) is 0 Å². The summed E-state index contributed by atoms with van der Waals surface area (Å²) in [5, 5.41) is 14.4. The van der Waals surface area contributed by atoms with Gasteiger partial charge in [0.1, 0.15) is 18.4 Å². The molecule has 1 aromatic carbocycles. The number of aliphatic carboxylic acids is 1. The van der Waals surface area contributed by atoms with Crippen molar-refractivity contribution in [2.75, 3.05) is 6.54 Å². The van der Waals surface area contributed by atoms with Crippen molar-refractivity contribution in [1.82, 2.24) is 15.5 Å². The average molecular weight is 486 g/mol. The first kappa shape index (κ1) is 25.6. The van der Waals surface area contributed by atoms with Gasteiger partial charge in [0.15, 0.2) is 0 Å². The van der Waals surface area contributed by atoms with Gasteiger partial charge in [-0.25, -0.2) is 0 Å². The highest BCUT2D eigenvalue weighted by Crippen LogP contribution is 2.23. The van der Waals surface area contributed by atoms with Crippen LogP contribution in [0, 0.1) is 5.92 Å². The number of benzene rings is 1. The largest absolute Gasteiger partial charge is 0.481 e. The molecule has 0 radical (unpaired) electrons. The number of carbonyl (C=O) groups excluding carboxylic acids is 4. The SMILES string of the molecule is CC(C)[C@H](NC(=O)c1ccc(Cl)cc1Cl)C(=O)N1CCC[C@H]1C(=O)N[C@H](C=O)CC(=O)O. The number of nitrogens with zero attached hydrogens (tertiary/aromatic N) is 1. The standard InChI is InChI=1S/C21H25Cl2N3O6/c1-11(2)18(25-19(30)14-6-5-12(22)8-15(14)23)21(32)26-7-3-4-16(26)20(31)24-13(10-27)9-17(28)29/h5-6,8,10-11,13,16,18H,3-4,7,9H2,1-2H3,(H,24,31)(H,25,30)(H,28,29)/t13-,16-,18-/m0/s1. The smallest absolute Gasteiger partial charge is 0.305 e. The number of hydrogen-bond donors (Lipinski definition) is 3. The van der Waals surface area contributed by atoms with Gasteiger partial charge in [0, 0.05) is 11.6 Å². The van der Waals surface area contributed by atoms with E-state index in [1.165, 1.54) is 23.1 Å². The first-order valence-corrected chi connectivity index (χ1v) is 10.8. The molecule has 1 saturated heterocycles. The molecular weight excluding hydrogens is 461 g/mol. The Morgan fingerprint density at radius 2 is 1.91 bits per heavy atom. The maximum absolute atomic E-state index is 13.3. The number of aldehydes is 1. The molecule has 174 valence electrons. The summed E-state index contributed by atoms with van der Waals surface area (Å²) in [7, 11) is 0. The van der Waals surface area contributed by atoms with Gasteiger partial charge in [-0.2, -0.15) is 0 Å². The van der Waals surface area contributed by atoms with Crippen molar-refractivity contribution in [2.45, 2.75) is 51.2 Å². The van der Waals surface area contributed by atoms with Crippen LogP contribution >= 0.6 is 23.2 Å². The topological polar surface area (TPSA) is 133 Å². The van der Waals surface area contributed by atoms with E-state index < -0.39 is 48.2 Å². The number of carbonyl (C=O) groups is 5. The van der Waals surface area contributed by atoms with Gasteiger partial charge in [-0.05, 0) is 37.0 Å². The van der Waals surface area contributed by atoms with Crippen LogP contribution in [0.4, 0.5) is 0 Å². The molecule has 1 heterocycles. The fourth-order valence-corrected chi connectivity index (χ4v) is 3.98. The zero-order valence-corrected chi connectivity index (χ0v) is 19.2. The van der Waals surface area contributed by atoms with E-state index in [2.05, 4.69) is 10.6 Å². The average Bonchev–Trinajstić information content (AvgIpc) is 3.20. The number of likely N-dealkylation sites (tertiary alicyclic amines) is 1. The number of hydrogen-bond acceptors (Lipinski definition) is 5. The van der Waals surface area contributed by atoms with Crippen LogP contribution in [0.3, 0.4) is 0 Å². The minimum atomic E-state index is -1.23. The summed E-state index contributed by atoms with van der Waals surface area (Å²) in [6.45, 7) is 3.81. The Morgan fingerprint density at radius 3 is 2.47 bits per heavy atom. The molecule has 1 aliphatic heterocycles. The Labute approximate surface area is 195 Å². The van der Waals surface area contributed by atoms with Gasteiger partial charge in [-0.3, -0.25) is 19.2 Å². The molecule has 3 N–H and O–H groups in total. The Hall–Kier alpha value is -2.65. The van der Waals surface area contributed by atoms with Crippen LogP contribution in [0.25, 0.3) is 0 Å². The maximum atomic E-state index is 13.3. The summed E-state index contributed by atoms with van der Waals surface area (Å²) >= 11 is 12.0. The van der Waals surface area contributed by atoms with Gasteiger partial charge < -0.3 is 25.4 Å². The second-order valence-corrected chi connectivity index (χ2v) is 8.70. The molecule has 0 spiro atoms. The molecule has 0 aliphatic carbocycles. The van der Waals surface area contributed by atoms with Crippen LogP contribution in [0.5, 0.6) is 0 Å². The normalized spacial score (nSPS) is 17.5. The zero-order chi connectivity index (χ0) is 24.0. The lowest BCUT2D eigenvalue weighted by molar-refractivity contribution is -0.142. The molecule has 11 heteroatoms. The highest BCUT2D eigenvalue weighted by atomic mass is 35.5. The van der Waals surface area contributed by atoms with Crippen LogP contribution < -0.4 is 10.6 Å². The molecule has 3 amide bonds. The molecule has 0 saturated carbocycles. The lowest BCUT2D eigenvalue weighted by Gasteiger charge is -2.31. The molecule has 9 nitrogen and oxygen atoms in total. The monoisotopic (exact) mass is 485 g/mol. The van der Waals surface area contributed by atoms with E-state index in [1.54, 1.807) is 13.8 Å². The highest BCUT2D eigenvalue weighted by Gasteiger charge is 2.39. The summed E-state index contributed by atoms with van der Waals surface area (Å²) in [6, 6.07) is 1.40. The van der Waals surface area contributed by atoms with Crippen molar-refractivity contribution in [3.8, 4) is 0 Å². The predicted octanol–water partition coefficient (Wildman–Crippen LogP) is 1.90. The third-order valence-corrected chi connectivity index (χ3v) is 5.67. The Balaban J connectivity index is 2.15. The van der Waals surface area contributed by atoms with E-state index in [1.807, 2.05) is 0 Å². The number of carboxylic acids is 1. The molecular formula is C21H25Cl2N3O6. The van der Waals surface area contributed by atoms with Crippen LogP contribution in [0.15, 0.2) is 18.2 Å². The molecule has 32 heavy (non-hydrogen) atoms. The number of nitrogens with one attached hydrogen (secondary N) is 2. The number of amides is 3. The third kappa shape index (κ3) is 6.43. The van der Waals surface area contributed by atoms with E-state index in [0.29, 0.717) is 30.7 Å². The van der Waals surface area contributed by atoms with Crippen LogP contribution in [0.1, 0.15) is 43.5 Å². The first-order chi connectivity index (χ1) is 15.0. The molecule has 0 bridgehead atoms. The lowest BCUT2D eigenvalue weighted by atomic mass is 10.0.